The Bertz CT molecular complexity index is 339. The monoisotopic (exact) mass is 247 g/mol. The summed E-state index contributed by atoms with van der Waals surface area (Å²) in [6.45, 7) is 1.40. The van der Waals surface area contributed by atoms with E-state index < -0.39 is 0 Å². The van der Waals surface area contributed by atoms with E-state index in [-0.39, 0.29) is 10.8 Å². The zero-order valence-electron chi connectivity index (χ0n) is 8.14. The first-order valence-corrected chi connectivity index (χ1v) is 5.51. The molecular weight excluding hydrogens is 236 g/mol. The van der Waals surface area contributed by atoms with Crippen LogP contribution in [0.2, 0.25) is 5.02 Å². The first-order valence-electron chi connectivity index (χ1n) is 4.59. The van der Waals surface area contributed by atoms with E-state index in [0.29, 0.717) is 12.4 Å². The second kappa shape index (κ2) is 6.83. The van der Waals surface area contributed by atoms with Crippen LogP contribution in [0.5, 0.6) is 0 Å². The van der Waals surface area contributed by atoms with Crippen LogP contribution in [0.15, 0.2) is 30.4 Å². The van der Waals surface area contributed by atoms with Gasteiger partial charge in [0.25, 0.3) is 0 Å². The third-order valence-corrected chi connectivity index (χ3v) is 2.30. The van der Waals surface area contributed by atoms with Gasteiger partial charge in [0.05, 0.1) is 5.02 Å². The van der Waals surface area contributed by atoms with Crippen molar-refractivity contribution in [2.45, 2.75) is 6.54 Å². The molecule has 0 saturated carbocycles. The van der Waals surface area contributed by atoms with Gasteiger partial charge in [0.2, 0.25) is 0 Å². The second-order valence-corrected chi connectivity index (χ2v) is 3.72. The molecule has 0 aliphatic heterocycles. The van der Waals surface area contributed by atoms with Gasteiger partial charge in [-0.1, -0.05) is 29.8 Å². The number of allylic oxidation sites excluding steroid dienone is 1. The summed E-state index contributed by atoms with van der Waals surface area (Å²) >= 11 is 11.1. The van der Waals surface area contributed by atoms with E-state index >= 15 is 0 Å². The number of benzene rings is 1. The Morgan fingerprint density at radius 2 is 2.13 bits per heavy atom. The van der Waals surface area contributed by atoms with Crippen LogP contribution in [0.1, 0.15) is 5.56 Å². The molecule has 0 aliphatic carbocycles. The van der Waals surface area contributed by atoms with Gasteiger partial charge < -0.3 is 5.32 Å². The molecule has 0 fully saturated rings. The number of hydrogen-bond donors (Lipinski definition) is 1. The summed E-state index contributed by atoms with van der Waals surface area (Å²) in [6, 6.07) is 4.70. The minimum absolute atomic E-state index is 0.158. The maximum atomic E-state index is 12.8. The number of rotatable bonds is 5. The smallest absolute Gasteiger partial charge is 0.141 e. The van der Waals surface area contributed by atoms with Gasteiger partial charge >= 0.3 is 0 Å². The molecule has 1 aromatic carbocycles. The lowest BCUT2D eigenvalue weighted by Crippen LogP contribution is -2.12. The molecule has 0 heterocycles. The third kappa shape index (κ3) is 4.65. The molecule has 15 heavy (non-hydrogen) atoms. The van der Waals surface area contributed by atoms with Gasteiger partial charge in [-0.2, -0.15) is 0 Å². The fraction of sp³-hybridized carbons (Fsp3) is 0.273. The molecular formula is C11H12Cl2FN. The number of hydrogen-bond acceptors (Lipinski definition) is 1. The quantitative estimate of drug-likeness (QED) is 0.478. The van der Waals surface area contributed by atoms with Crippen molar-refractivity contribution in [2.75, 3.05) is 12.4 Å². The molecule has 0 unspecified atom stereocenters. The Labute approximate surface area is 98.9 Å². The van der Waals surface area contributed by atoms with E-state index in [1.165, 1.54) is 6.07 Å². The van der Waals surface area contributed by atoms with E-state index in [4.69, 9.17) is 23.2 Å². The van der Waals surface area contributed by atoms with Crippen molar-refractivity contribution in [3.8, 4) is 0 Å². The van der Waals surface area contributed by atoms with Gasteiger partial charge in [0, 0.05) is 19.0 Å². The lowest BCUT2D eigenvalue weighted by Gasteiger charge is -2.03. The van der Waals surface area contributed by atoms with Crippen molar-refractivity contribution >= 4 is 23.2 Å². The highest BCUT2D eigenvalue weighted by molar-refractivity contribution is 6.30. The number of alkyl halides is 1. The molecule has 0 aromatic heterocycles. The highest BCUT2D eigenvalue weighted by Gasteiger charge is 1.99. The van der Waals surface area contributed by atoms with Gasteiger partial charge in [0.15, 0.2) is 0 Å². The zero-order chi connectivity index (χ0) is 11.1. The van der Waals surface area contributed by atoms with Crippen LogP contribution in [0.25, 0.3) is 0 Å². The van der Waals surface area contributed by atoms with Crippen molar-refractivity contribution in [1.29, 1.82) is 0 Å². The molecule has 82 valence electrons. The SMILES string of the molecule is Fc1ccc(CNC/C=C/CCl)cc1Cl. The molecule has 1 N–H and O–H groups in total. The average molecular weight is 248 g/mol. The predicted molar refractivity (Wildman–Crippen MR) is 63.0 cm³/mol. The molecule has 0 spiro atoms. The van der Waals surface area contributed by atoms with Crippen LogP contribution >= 0.6 is 23.2 Å². The van der Waals surface area contributed by atoms with E-state index in [9.17, 15) is 4.39 Å². The fourth-order valence-corrected chi connectivity index (χ4v) is 1.42. The van der Waals surface area contributed by atoms with Crippen LogP contribution < -0.4 is 5.32 Å². The summed E-state index contributed by atoms with van der Waals surface area (Å²) in [4.78, 5) is 0. The van der Waals surface area contributed by atoms with Crippen LogP contribution in [-0.4, -0.2) is 12.4 Å². The summed E-state index contributed by atoms with van der Waals surface area (Å²) < 4.78 is 12.8. The van der Waals surface area contributed by atoms with Crippen LogP contribution in [-0.2, 0) is 6.54 Å². The van der Waals surface area contributed by atoms with Crippen molar-refractivity contribution < 1.29 is 4.39 Å². The van der Waals surface area contributed by atoms with Crippen molar-refractivity contribution in [3.63, 3.8) is 0 Å². The first-order chi connectivity index (χ1) is 7.24. The molecule has 0 amide bonds. The highest BCUT2D eigenvalue weighted by Crippen LogP contribution is 2.15. The summed E-state index contributed by atoms with van der Waals surface area (Å²) in [5, 5.41) is 3.31. The molecule has 1 aromatic rings. The minimum Gasteiger partial charge on any atom is -0.309 e. The average Bonchev–Trinajstić information content (AvgIpc) is 2.23. The molecule has 0 aliphatic rings. The minimum atomic E-state index is -0.387. The predicted octanol–water partition coefficient (Wildman–Crippen LogP) is 3.36. The molecule has 0 atom stereocenters. The van der Waals surface area contributed by atoms with E-state index in [1.807, 2.05) is 12.2 Å². The van der Waals surface area contributed by atoms with Gasteiger partial charge in [-0.15, -0.1) is 11.6 Å². The Morgan fingerprint density at radius 3 is 2.80 bits per heavy atom. The lowest BCUT2D eigenvalue weighted by atomic mass is 10.2. The van der Waals surface area contributed by atoms with Crippen LogP contribution in [0.4, 0.5) is 4.39 Å². The summed E-state index contributed by atoms with van der Waals surface area (Å²) in [7, 11) is 0. The largest absolute Gasteiger partial charge is 0.309 e. The van der Waals surface area contributed by atoms with Gasteiger partial charge in [-0.25, -0.2) is 4.39 Å². The van der Waals surface area contributed by atoms with Crippen molar-refractivity contribution in [2.24, 2.45) is 0 Å². The first kappa shape index (κ1) is 12.5. The summed E-state index contributed by atoms with van der Waals surface area (Å²) in [6.07, 6.45) is 3.81. The Morgan fingerprint density at radius 1 is 1.33 bits per heavy atom. The standard InChI is InChI=1S/C11H12Cl2FN/c12-5-1-2-6-15-8-9-3-4-11(14)10(13)7-9/h1-4,7,15H,5-6,8H2/b2-1+. The van der Waals surface area contributed by atoms with E-state index in [1.54, 1.807) is 12.1 Å². The summed E-state index contributed by atoms with van der Waals surface area (Å²) in [5.74, 6) is 0.131. The maximum Gasteiger partial charge on any atom is 0.141 e. The Balaban J connectivity index is 2.38. The number of halogens is 3. The topological polar surface area (TPSA) is 12.0 Å². The molecule has 0 saturated heterocycles. The molecule has 4 heteroatoms. The Hall–Kier alpha value is -0.570. The van der Waals surface area contributed by atoms with Gasteiger partial charge in [-0.05, 0) is 17.7 Å². The molecule has 1 rings (SSSR count). The maximum absolute atomic E-state index is 12.8. The third-order valence-electron chi connectivity index (χ3n) is 1.83. The highest BCUT2D eigenvalue weighted by atomic mass is 35.5. The second-order valence-electron chi connectivity index (χ2n) is 3.01. The van der Waals surface area contributed by atoms with Crippen molar-refractivity contribution in [3.05, 3.63) is 46.8 Å². The van der Waals surface area contributed by atoms with E-state index in [2.05, 4.69) is 5.32 Å². The van der Waals surface area contributed by atoms with Crippen molar-refractivity contribution in [1.82, 2.24) is 5.32 Å². The van der Waals surface area contributed by atoms with Crippen LogP contribution in [0, 0.1) is 5.82 Å². The molecule has 0 bridgehead atoms. The Kier molecular flexibility index (Phi) is 5.69. The molecule has 0 radical (unpaired) electrons. The van der Waals surface area contributed by atoms with Crippen LogP contribution in [0.3, 0.4) is 0 Å². The fourth-order valence-electron chi connectivity index (χ4n) is 1.10. The normalized spacial score (nSPS) is 11.1. The summed E-state index contributed by atoms with van der Waals surface area (Å²) in [5.41, 5.74) is 0.959. The zero-order valence-corrected chi connectivity index (χ0v) is 9.65. The molecule has 1 nitrogen and oxygen atoms in total. The van der Waals surface area contributed by atoms with Gasteiger partial charge in [-0.3, -0.25) is 0 Å². The van der Waals surface area contributed by atoms with E-state index in [0.717, 1.165) is 12.1 Å². The van der Waals surface area contributed by atoms with Gasteiger partial charge in [0.1, 0.15) is 5.82 Å². The lowest BCUT2D eigenvalue weighted by molar-refractivity contribution is 0.626. The number of nitrogens with one attached hydrogen (secondary N) is 1.